The molecule has 0 saturated carbocycles. The summed E-state index contributed by atoms with van der Waals surface area (Å²) in [7, 11) is 0. The molecule has 0 unspecified atom stereocenters. The van der Waals surface area contributed by atoms with Crippen LogP contribution in [0, 0.1) is 32.4 Å². The average Bonchev–Trinajstić information content (AvgIpc) is 2.42. The highest BCUT2D eigenvalue weighted by Gasteiger charge is 2.10. The number of halogens is 2. The van der Waals surface area contributed by atoms with Crippen LogP contribution in [0.2, 0.25) is 0 Å². The summed E-state index contributed by atoms with van der Waals surface area (Å²) in [6.07, 6.45) is 0. The normalized spacial score (nSPS) is 10.5. The van der Waals surface area contributed by atoms with Crippen LogP contribution in [0.5, 0.6) is 0 Å². The monoisotopic (exact) mass is 289 g/mol. The lowest BCUT2D eigenvalue weighted by Gasteiger charge is -2.10. The maximum absolute atomic E-state index is 13.5. The Morgan fingerprint density at radius 1 is 1.00 bits per heavy atom. The topological polar surface area (TPSA) is 29.1 Å². The number of carbonyl (C=O) groups excluding carboxylic acids is 1. The molecule has 0 saturated heterocycles. The van der Waals surface area contributed by atoms with Crippen LogP contribution in [-0.2, 0) is 6.54 Å². The summed E-state index contributed by atoms with van der Waals surface area (Å²) < 4.78 is 26.6. The average molecular weight is 289 g/mol. The second kappa shape index (κ2) is 6.04. The van der Waals surface area contributed by atoms with Gasteiger partial charge in [-0.2, -0.15) is 0 Å². The summed E-state index contributed by atoms with van der Waals surface area (Å²) in [5.74, 6) is -0.861. The van der Waals surface area contributed by atoms with Gasteiger partial charge in [-0.25, -0.2) is 8.78 Å². The lowest BCUT2D eigenvalue weighted by molar-refractivity contribution is 0.0950. The van der Waals surface area contributed by atoms with E-state index in [9.17, 15) is 13.6 Å². The molecule has 2 aromatic rings. The molecule has 0 bridgehead atoms. The molecule has 0 aromatic heterocycles. The molecule has 0 aliphatic heterocycles. The van der Waals surface area contributed by atoms with Gasteiger partial charge in [0.25, 0.3) is 5.91 Å². The number of hydrogen-bond acceptors (Lipinski definition) is 1. The van der Waals surface area contributed by atoms with Crippen molar-refractivity contribution in [2.45, 2.75) is 27.3 Å². The highest BCUT2D eigenvalue weighted by Crippen LogP contribution is 2.15. The van der Waals surface area contributed by atoms with Crippen molar-refractivity contribution in [2.75, 3.05) is 0 Å². The molecule has 110 valence electrons. The van der Waals surface area contributed by atoms with Crippen molar-refractivity contribution in [3.8, 4) is 0 Å². The highest BCUT2D eigenvalue weighted by molar-refractivity contribution is 5.95. The quantitative estimate of drug-likeness (QED) is 0.914. The van der Waals surface area contributed by atoms with Gasteiger partial charge in [0, 0.05) is 12.1 Å². The Morgan fingerprint density at radius 2 is 1.62 bits per heavy atom. The van der Waals surface area contributed by atoms with Crippen molar-refractivity contribution >= 4 is 5.91 Å². The third kappa shape index (κ3) is 3.45. The van der Waals surface area contributed by atoms with E-state index in [2.05, 4.69) is 5.32 Å². The molecular formula is C17H17F2NO. The molecule has 0 fully saturated rings. The van der Waals surface area contributed by atoms with Gasteiger partial charge >= 0.3 is 0 Å². The van der Waals surface area contributed by atoms with Crippen molar-refractivity contribution in [1.29, 1.82) is 0 Å². The Bertz CT molecular complexity index is 672. The molecule has 4 heteroatoms. The van der Waals surface area contributed by atoms with Crippen molar-refractivity contribution in [2.24, 2.45) is 0 Å². The summed E-state index contributed by atoms with van der Waals surface area (Å²) in [5.41, 5.74) is 2.96. The van der Waals surface area contributed by atoms with Crippen LogP contribution in [0.4, 0.5) is 8.78 Å². The molecule has 21 heavy (non-hydrogen) atoms. The van der Waals surface area contributed by atoms with E-state index in [1.807, 2.05) is 0 Å². The molecule has 0 radical (unpaired) electrons. The zero-order valence-corrected chi connectivity index (χ0v) is 12.3. The lowest BCUT2D eigenvalue weighted by Crippen LogP contribution is -2.23. The SMILES string of the molecule is Cc1cc(F)ccc1C(=O)NCc1cc(C)c(F)c(C)c1. The zero-order valence-electron chi connectivity index (χ0n) is 12.3. The first kappa shape index (κ1) is 15.2. The second-order valence-corrected chi connectivity index (χ2v) is 5.19. The minimum Gasteiger partial charge on any atom is -0.348 e. The fourth-order valence-corrected chi connectivity index (χ4v) is 2.30. The summed E-state index contributed by atoms with van der Waals surface area (Å²) >= 11 is 0. The molecule has 2 aromatic carbocycles. The standard InChI is InChI=1S/C17H17F2NO/c1-10-8-14(18)4-5-15(10)17(21)20-9-13-6-11(2)16(19)12(3)7-13/h4-8H,9H2,1-3H3,(H,20,21). The number of aryl methyl sites for hydroxylation is 3. The van der Waals surface area contributed by atoms with E-state index in [1.165, 1.54) is 18.2 Å². The van der Waals surface area contributed by atoms with Gasteiger partial charge in [0.15, 0.2) is 0 Å². The third-order valence-electron chi connectivity index (χ3n) is 3.38. The van der Waals surface area contributed by atoms with Crippen LogP contribution in [0.3, 0.4) is 0 Å². The Kier molecular flexibility index (Phi) is 4.36. The summed E-state index contributed by atoms with van der Waals surface area (Å²) in [4.78, 5) is 12.1. The molecular weight excluding hydrogens is 272 g/mol. The van der Waals surface area contributed by atoms with Crippen LogP contribution >= 0.6 is 0 Å². The van der Waals surface area contributed by atoms with Crippen molar-refractivity contribution in [3.05, 3.63) is 69.8 Å². The minimum absolute atomic E-state index is 0.223. The number of nitrogens with one attached hydrogen (secondary N) is 1. The first-order valence-electron chi connectivity index (χ1n) is 6.68. The second-order valence-electron chi connectivity index (χ2n) is 5.19. The molecule has 1 N–H and O–H groups in total. The Labute approximate surface area is 122 Å². The van der Waals surface area contributed by atoms with Gasteiger partial charge in [0.05, 0.1) is 0 Å². The fraction of sp³-hybridized carbons (Fsp3) is 0.235. The molecule has 1 amide bonds. The van der Waals surface area contributed by atoms with Gasteiger partial charge in [0.2, 0.25) is 0 Å². The smallest absolute Gasteiger partial charge is 0.251 e. The van der Waals surface area contributed by atoms with Crippen molar-refractivity contribution in [1.82, 2.24) is 5.32 Å². The summed E-state index contributed by atoms with van der Waals surface area (Å²) in [5, 5.41) is 2.77. The van der Waals surface area contributed by atoms with Gasteiger partial charge in [-0.15, -0.1) is 0 Å². The molecule has 0 spiro atoms. The van der Waals surface area contributed by atoms with Gasteiger partial charge in [-0.1, -0.05) is 12.1 Å². The van der Waals surface area contributed by atoms with Crippen molar-refractivity contribution in [3.63, 3.8) is 0 Å². The first-order chi connectivity index (χ1) is 9.88. The zero-order chi connectivity index (χ0) is 15.6. The van der Waals surface area contributed by atoms with E-state index < -0.39 is 0 Å². The molecule has 0 atom stereocenters. The Morgan fingerprint density at radius 3 is 2.19 bits per heavy atom. The van der Waals surface area contributed by atoms with E-state index in [0.29, 0.717) is 28.8 Å². The molecule has 2 nitrogen and oxygen atoms in total. The fourth-order valence-electron chi connectivity index (χ4n) is 2.30. The highest BCUT2D eigenvalue weighted by atomic mass is 19.1. The minimum atomic E-state index is -0.367. The number of rotatable bonds is 3. The summed E-state index contributed by atoms with van der Waals surface area (Å²) in [6.45, 7) is 5.37. The van der Waals surface area contributed by atoms with E-state index in [1.54, 1.807) is 32.9 Å². The van der Waals surface area contributed by atoms with Crippen LogP contribution in [0.1, 0.15) is 32.6 Å². The van der Waals surface area contributed by atoms with E-state index in [-0.39, 0.29) is 17.5 Å². The maximum atomic E-state index is 13.5. The largest absolute Gasteiger partial charge is 0.348 e. The number of benzene rings is 2. The van der Waals surface area contributed by atoms with Crippen molar-refractivity contribution < 1.29 is 13.6 Å². The molecule has 0 aliphatic rings. The number of amides is 1. The molecule has 2 rings (SSSR count). The van der Waals surface area contributed by atoms with Gasteiger partial charge in [-0.05, 0) is 61.2 Å². The predicted octanol–water partition coefficient (Wildman–Crippen LogP) is 3.82. The number of carbonyl (C=O) groups is 1. The van der Waals surface area contributed by atoms with E-state index in [0.717, 1.165) is 5.56 Å². The molecule has 0 aliphatic carbocycles. The van der Waals surface area contributed by atoms with Crippen LogP contribution < -0.4 is 5.32 Å². The van der Waals surface area contributed by atoms with E-state index in [4.69, 9.17) is 0 Å². The Hall–Kier alpha value is -2.23. The van der Waals surface area contributed by atoms with Crippen LogP contribution in [-0.4, -0.2) is 5.91 Å². The first-order valence-corrected chi connectivity index (χ1v) is 6.68. The van der Waals surface area contributed by atoms with Crippen LogP contribution in [0.15, 0.2) is 30.3 Å². The Balaban J connectivity index is 2.11. The summed E-state index contributed by atoms with van der Waals surface area (Å²) in [6, 6.07) is 7.45. The third-order valence-corrected chi connectivity index (χ3v) is 3.38. The lowest BCUT2D eigenvalue weighted by atomic mass is 10.1. The van der Waals surface area contributed by atoms with Crippen LogP contribution in [0.25, 0.3) is 0 Å². The van der Waals surface area contributed by atoms with E-state index >= 15 is 0 Å². The predicted molar refractivity (Wildman–Crippen MR) is 78.2 cm³/mol. The molecule has 0 heterocycles. The van der Waals surface area contributed by atoms with Gasteiger partial charge in [-0.3, -0.25) is 4.79 Å². The van der Waals surface area contributed by atoms with Gasteiger partial charge < -0.3 is 5.32 Å². The maximum Gasteiger partial charge on any atom is 0.251 e. The van der Waals surface area contributed by atoms with Gasteiger partial charge in [0.1, 0.15) is 11.6 Å². The number of hydrogen-bond donors (Lipinski definition) is 1.